The zero-order chi connectivity index (χ0) is 26.6. The Morgan fingerprint density at radius 2 is 1.95 bits per heavy atom. The fourth-order valence-electron chi connectivity index (χ4n) is 6.29. The molecule has 1 aromatic heterocycles. The van der Waals surface area contributed by atoms with E-state index in [2.05, 4.69) is 10.00 Å². The number of aliphatic hydroxyl groups is 1. The first-order chi connectivity index (χ1) is 18.4. The van der Waals surface area contributed by atoms with Crippen LogP contribution in [0.5, 0.6) is 0 Å². The molecule has 0 bridgehead atoms. The lowest BCUT2D eigenvalue weighted by molar-refractivity contribution is -0.132. The number of morpholine rings is 1. The van der Waals surface area contributed by atoms with E-state index in [0.717, 1.165) is 29.8 Å². The van der Waals surface area contributed by atoms with E-state index in [1.165, 1.54) is 6.07 Å². The second-order valence-corrected chi connectivity index (χ2v) is 10.8. The Hall–Kier alpha value is -3.05. The number of rotatable bonds is 6. The lowest BCUT2D eigenvalue weighted by Gasteiger charge is -2.37. The number of hydrogen-bond acceptors (Lipinski definition) is 6. The van der Waals surface area contributed by atoms with Gasteiger partial charge in [-0.15, -0.1) is 0 Å². The average Bonchev–Trinajstić information content (AvgIpc) is 3.46. The molecule has 4 aliphatic rings. The summed E-state index contributed by atoms with van der Waals surface area (Å²) in [6, 6.07) is 4.97. The molecule has 0 spiro atoms. The molecule has 2 aliphatic carbocycles. The van der Waals surface area contributed by atoms with Gasteiger partial charge in [0, 0.05) is 61.8 Å². The first-order valence-corrected chi connectivity index (χ1v) is 13.4. The Kier molecular flexibility index (Phi) is 6.59. The van der Waals surface area contributed by atoms with Gasteiger partial charge in [-0.2, -0.15) is 5.10 Å². The van der Waals surface area contributed by atoms with Gasteiger partial charge in [-0.05, 0) is 43.2 Å². The van der Waals surface area contributed by atoms with Crippen LogP contribution in [0, 0.1) is 12.8 Å². The predicted molar refractivity (Wildman–Crippen MR) is 134 cm³/mol. The second kappa shape index (κ2) is 9.92. The van der Waals surface area contributed by atoms with Crippen LogP contribution in [-0.2, 0) is 22.5 Å². The topological polar surface area (TPSA) is 91.1 Å². The molecule has 11 heteroatoms. The number of anilines is 1. The molecule has 2 saturated heterocycles. The highest BCUT2D eigenvalue weighted by Gasteiger charge is 2.50. The van der Waals surface area contributed by atoms with Crippen LogP contribution < -0.4 is 4.90 Å². The van der Waals surface area contributed by atoms with E-state index in [1.54, 1.807) is 27.5 Å². The van der Waals surface area contributed by atoms with E-state index in [0.29, 0.717) is 69.0 Å². The summed E-state index contributed by atoms with van der Waals surface area (Å²) in [5.41, 5.74) is 3.84. The molecule has 9 nitrogen and oxygen atoms in total. The maximum Gasteiger partial charge on any atom is 0.274 e. The van der Waals surface area contributed by atoms with Crippen LogP contribution in [0.2, 0.25) is 0 Å². The molecule has 3 fully saturated rings. The molecule has 6 rings (SSSR count). The van der Waals surface area contributed by atoms with Gasteiger partial charge in [0.25, 0.3) is 12.3 Å². The summed E-state index contributed by atoms with van der Waals surface area (Å²) in [5, 5.41) is 14.1. The van der Waals surface area contributed by atoms with E-state index < -0.39 is 12.5 Å². The van der Waals surface area contributed by atoms with Gasteiger partial charge in [0.2, 0.25) is 5.91 Å². The number of aliphatic hydroxyl groups excluding tert-OH is 1. The van der Waals surface area contributed by atoms with Crippen molar-refractivity contribution in [3.63, 3.8) is 0 Å². The number of carbonyl (C=O) groups is 2. The minimum absolute atomic E-state index is 0.0425. The van der Waals surface area contributed by atoms with Crippen molar-refractivity contribution in [3.8, 4) is 0 Å². The fourth-order valence-corrected chi connectivity index (χ4v) is 6.29. The number of fused-ring (bicyclic) bond motifs is 3. The maximum atomic E-state index is 13.4. The van der Waals surface area contributed by atoms with E-state index in [9.17, 15) is 23.5 Å². The van der Waals surface area contributed by atoms with Crippen LogP contribution >= 0.6 is 0 Å². The van der Waals surface area contributed by atoms with Gasteiger partial charge in [-0.3, -0.25) is 14.3 Å². The number of amides is 2. The summed E-state index contributed by atoms with van der Waals surface area (Å²) in [5.74, 6) is 0.663. The molecule has 1 aromatic carbocycles. The third-order valence-electron chi connectivity index (χ3n) is 8.52. The van der Waals surface area contributed by atoms with Crippen LogP contribution in [0.1, 0.15) is 51.6 Å². The van der Waals surface area contributed by atoms with E-state index in [4.69, 9.17) is 4.74 Å². The summed E-state index contributed by atoms with van der Waals surface area (Å²) in [6.45, 7) is 4.93. The van der Waals surface area contributed by atoms with Gasteiger partial charge >= 0.3 is 0 Å². The largest absolute Gasteiger partial charge is 0.394 e. The number of nitrogens with zero attached hydrogens (tertiary/aromatic N) is 5. The number of benzene rings is 1. The van der Waals surface area contributed by atoms with E-state index >= 15 is 0 Å². The number of halogens is 2. The molecule has 38 heavy (non-hydrogen) atoms. The number of hydrogen-bond donors (Lipinski definition) is 1. The first-order valence-electron chi connectivity index (χ1n) is 13.4. The number of alkyl halides is 2. The van der Waals surface area contributed by atoms with Gasteiger partial charge in [-0.25, -0.2) is 8.78 Å². The third-order valence-corrected chi connectivity index (χ3v) is 8.52. The van der Waals surface area contributed by atoms with Crippen molar-refractivity contribution < 1.29 is 28.2 Å². The molecule has 0 radical (unpaired) electrons. The van der Waals surface area contributed by atoms with Crippen molar-refractivity contribution in [2.45, 2.75) is 44.8 Å². The monoisotopic (exact) mass is 529 g/mol. The first kappa shape index (κ1) is 25.2. The molecule has 2 aromatic rings. The molecule has 2 aliphatic heterocycles. The van der Waals surface area contributed by atoms with Crippen LogP contribution in [0.4, 0.5) is 14.5 Å². The van der Waals surface area contributed by atoms with E-state index in [-0.39, 0.29) is 30.5 Å². The highest BCUT2D eigenvalue weighted by Crippen LogP contribution is 2.57. The molecule has 3 heterocycles. The van der Waals surface area contributed by atoms with Crippen LogP contribution in [0.3, 0.4) is 0 Å². The molecule has 3 atom stereocenters. The third kappa shape index (κ3) is 4.45. The molecular formula is C27H33F2N5O4. The maximum absolute atomic E-state index is 13.4. The molecule has 1 saturated carbocycles. The highest BCUT2D eigenvalue weighted by molar-refractivity contribution is 5.95. The second-order valence-electron chi connectivity index (χ2n) is 10.8. The van der Waals surface area contributed by atoms with Crippen molar-refractivity contribution in [2.75, 3.05) is 57.4 Å². The SMILES string of the molecule is Cc1c(C(F)F)cccc1N1CCN(C(=O)Cn2nc(C(=O)N3CCO[C@H](CO)C3)c3c2C[C@H]2C[C@@H]32)CC1. The zero-order valence-electron chi connectivity index (χ0n) is 21.5. The Morgan fingerprint density at radius 1 is 1.16 bits per heavy atom. The van der Waals surface area contributed by atoms with Gasteiger partial charge in [0.05, 0.1) is 19.3 Å². The van der Waals surface area contributed by atoms with Crippen molar-refractivity contribution in [1.29, 1.82) is 0 Å². The minimum Gasteiger partial charge on any atom is -0.394 e. The molecular weight excluding hydrogens is 496 g/mol. The summed E-state index contributed by atoms with van der Waals surface area (Å²) < 4.78 is 33.9. The Balaban J connectivity index is 1.14. The lowest BCUT2D eigenvalue weighted by atomic mass is 10.1. The minimum atomic E-state index is -2.52. The Morgan fingerprint density at radius 3 is 2.68 bits per heavy atom. The normalized spacial score (nSPS) is 24.6. The summed E-state index contributed by atoms with van der Waals surface area (Å²) in [6.07, 6.45) is -1.01. The van der Waals surface area contributed by atoms with E-state index in [1.807, 2.05) is 6.07 Å². The van der Waals surface area contributed by atoms with Crippen molar-refractivity contribution >= 4 is 17.5 Å². The van der Waals surface area contributed by atoms with Gasteiger partial charge in [0.15, 0.2) is 5.69 Å². The van der Waals surface area contributed by atoms with Crippen molar-refractivity contribution in [1.82, 2.24) is 19.6 Å². The van der Waals surface area contributed by atoms with Gasteiger partial charge in [-0.1, -0.05) is 12.1 Å². The van der Waals surface area contributed by atoms with Crippen LogP contribution in [0.25, 0.3) is 0 Å². The lowest BCUT2D eigenvalue weighted by Crippen LogP contribution is -2.50. The van der Waals surface area contributed by atoms with Crippen LogP contribution in [0.15, 0.2) is 18.2 Å². The van der Waals surface area contributed by atoms with Crippen molar-refractivity contribution in [2.24, 2.45) is 5.92 Å². The zero-order valence-corrected chi connectivity index (χ0v) is 21.5. The van der Waals surface area contributed by atoms with Crippen LogP contribution in [-0.4, -0.2) is 95.1 Å². The Labute approximate surface area is 219 Å². The Bertz CT molecular complexity index is 1240. The molecule has 1 N–H and O–H groups in total. The van der Waals surface area contributed by atoms with Crippen molar-refractivity contribution in [3.05, 3.63) is 46.3 Å². The average molecular weight is 530 g/mol. The smallest absolute Gasteiger partial charge is 0.274 e. The standard InChI is InChI=1S/C27H33F2N5O4/c1-16-19(26(28)29)3-2-4-21(16)31-5-7-32(8-6-31)23(36)14-34-22-12-17-11-20(17)24(22)25(30-34)27(37)33-9-10-38-18(13-33)15-35/h2-4,17-18,20,26,35H,5-15H2,1H3/t17-,18+,20-/m1/s1. The number of piperazine rings is 1. The molecule has 0 unspecified atom stereocenters. The van der Waals surface area contributed by atoms with Gasteiger partial charge < -0.3 is 24.5 Å². The summed E-state index contributed by atoms with van der Waals surface area (Å²) >= 11 is 0. The van der Waals surface area contributed by atoms with Gasteiger partial charge in [0.1, 0.15) is 6.54 Å². The number of carbonyl (C=O) groups excluding carboxylic acids is 2. The number of ether oxygens (including phenoxy) is 1. The summed E-state index contributed by atoms with van der Waals surface area (Å²) in [7, 11) is 0. The summed E-state index contributed by atoms with van der Waals surface area (Å²) in [4.78, 5) is 32.2. The number of aromatic nitrogens is 2. The predicted octanol–water partition coefficient (Wildman–Crippen LogP) is 1.97. The highest BCUT2D eigenvalue weighted by atomic mass is 19.3. The fraction of sp³-hybridized carbons (Fsp3) is 0.593. The molecule has 2 amide bonds. The molecule has 204 valence electrons. The quantitative estimate of drug-likeness (QED) is 0.616.